The number of hydrogen-bond donors (Lipinski definition) is 1. The molecule has 2 amide bonds. The summed E-state index contributed by atoms with van der Waals surface area (Å²) in [6.07, 6.45) is 4.43. The lowest BCUT2D eigenvalue weighted by Gasteiger charge is -2.09. The molecular weight excluding hydrogens is 174 g/mol. The Labute approximate surface area is 73.9 Å². The summed E-state index contributed by atoms with van der Waals surface area (Å²) in [4.78, 5) is 32.8. The van der Waals surface area contributed by atoms with Crippen molar-refractivity contribution in [2.75, 3.05) is 6.54 Å². The van der Waals surface area contributed by atoms with Gasteiger partial charge in [0.05, 0.1) is 0 Å². The van der Waals surface area contributed by atoms with Crippen LogP contribution in [0.5, 0.6) is 0 Å². The molecule has 0 saturated heterocycles. The van der Waals surface area contributed by atoms with E-state index in [0.29, 0.717) is 0 Å². The lowest BCUT2D eigenvalue weighted by atomic mass is 10.4. The van der Waals surface area contributed by atoms with Crippen molar-refractivity contribution in [2.24, 2.45) is 0 Å². The third kappa shape index (κ3) is 2.26. The van der Waals surface area contributed by atoms with Gasteiger partial charge < -0.3 is 5.11 Å². The molecule has 0 bridgehead atoms. The molecule has 1 rings (SSSR count). The van der Waals surface area contributed by atoms with Crippen molar-refractivity contribution in [3.63, 3.8) is 0 Å². The van der Waals surface area contributed by atoms with Crippen molar-refractivity contribution in [1.82, 2.24) is 4.90 Å². The minimum atomic E-state index is -1.10. The quantitative estimate of drug-likeness (QED) is 0.472. The van der Waals surface area contributed by atoms with E-state index in [9.17, 15) is 14.4 Å². The van der Waals surface area contributed by atoms with E-state index in [-0.39, 0.29) is 6.54 Å². The van der Waals surface area contributed by atoms with Crippen molar-refractivity contribution in [3.05, 3.63) is 24.3 Å². The Bertz CT molecular complexity index is 298. The molecule has 1 N–H and O–H groups in total. The summed E-state index contributed by atoms with van der Waals surface area (Å²) < 4.78 is 0. The van der Waals surface area contributed by atoms with Gasteiger partial charge in [0, 0.05) is 24.8 Å². The van der Waals surface area contributed by atoms with E-state index < -0.39 is 17.8 Å². The molecule has 1 heterocycles. The predicted octanol–water partition coefficient (Wildman–Crippen LogP) is -0.448. The Morgan fingerprint density at radius 2 is 1.92 bits per heavy atom. The van der Waals surface area contributed by atoms with Crippen molar-refractivity contribution in [2.45, 2.75) is 0 Å². The largest absolute Gasteiger partial charge is 0.478 e. The van der Waals surface area contributed by atoms with Gasteiger partial charge in [-0.1, -0.05) is 6.08 Å². The van der Waals surface area contributed by atoms with E-state index in [4.69, 9.17) is 5.11 Å². The maximum atomic E-state index is 10.9. The van der Waals surface area contributed by atoms with Gasteiger partial charge in [0.25, 0.3) is 11.8 Å². The molecule has 5 heteroatoms. The summed E-state index contributed by atoms with van der Waals surface area (Å²) in [5.74, 6) is -1.94. The zero-order valence-electron chi connectivity index (χ0n) is 6.64. The predicted molar refractivity (Wildman–Crippen MR) is 42.6 cm³/mol. The fourth-order valence-corrected chi connectivity index (χ4v) is 0.870. The van der Waals surface area contributed by atoms with Crippen LogP contribution in [0.15, 0.2) is 24.3 Å². The Morgan fingerprint density at radius 1 is 1.38 bits per heavy atom. The Balaban J connectivity index is 2.51. The molecule has 0 aromatic rings. The normalized spacial score (nSPS) is 16.2. The van der Waals surface area contributed by atoms with Crippen LogP contribution in [-0.2, 0) is 14.4 Å². The molecule has 0 aromatic carbocycles. The van der Waals surface area contributed by atoms with Gasteiger partial charge >= 0.3 is 5.97 Å². The summed E-state index contributed by atoms with van der Waals surface area (Å²) in [5, 5.41) is 8.23. The molecule has 0 radical (unpaired) electrons. The molecule has 5 nitrogen and oxygen atoms in total. The van der Waals surface area contributed by atoms with Crippen LogP contribution in [0, 0.1) is 0 Å². The van der Waals surface area contributed by atoms with Gasteiger partial charge in [-0.15, -0.1) is 0 Å². The summed E-state index contributed by atoms with van der Waals surface area (Å²) >= 11 is 0. The molecular formula is C8H7NO4. The molecule has 0 aliphatic carbocycles. The molecule has 1 aliphatic heterocycles. The van der Waals surface area contributed by atoms with E-state index in [1.165, 1.54) is 6.08 Å². The SMILES string of the molecule is O=C(O)C=CCN1C(=O)C=CC1=O. The lowest BCUT2D eigenvalue weighted by Crippen LogP contribution is -2.29. The fourth-order valence-electron chi connectivity index (χ4n) is 0.870. The molecule has 1 aliphatic rings. The second-order valence-corrected chi connectivity index (χ2v) is 2.36. The molecule has 0 spiro atoms. The van der Waals surface area contributed by atoms with Gasteiger partial charge in [0.15, 0.2) is 0 Å². The van der Waals surface area contributed by atoms with Crippen LogP contribution in [-0.4, -0.2) is 34.3 Å². The molecule has 68 valence electrons. The van der Waals surface area contributed by atoms with Gasteiger partial charge in [-0.2, -0.15) is 0 Å². The number of carboxylic acids is 1. The van der Waals surface area contributed by atoms with E-state index in [1.807, 2.05) is 0 Å². The number of hydrogen-bond acceptors (Lipinski definition) is 3. The smallest absolute Gasteiger partial charge is 0.328 e. The Hall–Kier alpha value is -1.91. The molecule has 0 atom stereocenters. The third-order valence-corrected chi connectivity index (χ3v) is 1.45. The molecule has 0 saturated carbocycles. The maximum Gasteiger partial charge on any atom is 0.328 e. The number of rotatable bonds is 3. The number of amides is 2. The third-order valence-electron chi connectivity index (χ3n) is 1.45. The van der Waals surface area contributed by atoms with Gasteiger partial charge in [0.2, 0.25) is 0 Å². The van der Waals surface area contributed by atoms with Crippen molar-refractivity contribution >= 4 is 17.8 Å². The minimum absolute atomic E-state index is 0.00301. The standard InChI is InChI=1S/C8H7NO4/c10-6-3-4-7(11)9(6)5-1-2-8(12)13/h1-4H,5H2,(H,12,13). The maximum absolute atomic E-state index is 10.9. The van der Waals surface area contributed by atoms with Crippen LogP contribution in [0.2, 0.25) is 0 Å². The average Bonchev–Trinajstić information content (AvgIpc) is 2.34. The van der Waals surface area contributed by atoms with Crippen LogP contribution in [0.3, 0.4) is 0 Å². The topological polar surface area (TPSA) is 74.7 Å². The number of imide groups is 1. The van der Waals surface area contributed by atoms with Gasteiger partial charge in [-0.05, 0) is 0 Å². The van der Waals surface area contributed by atoms with E-state index in [1.54, 1.807) is 0 Å². The fraction of sp³-hybridized carbons (Fsp3) is 0.125. The van der Waals surface area contributed by atoms with Gasteiger partial charge in [-0.25, -0.2) is 4.79 Å². The van der Waals surface area contributed by atoms with Crippen LogP contribution >= 0.6 is 0 Å². The highest BCUT2D eigenvalue weighted by Crippen LogP contribution is 2.02. The molecule has 0 aromatic heterocycles. The zero-order valence-corrected chi connectivity index (χ0v) is 6.64. The number of carbonyl (C=O) groups is 3. The van der Waals surface area contributed by atoms with Crippen molar-refractivity contribution in [3.8, 4) is 0 Å². The van der Waals surface area contributed by atoms with Crippen LogP contribution < -0.4 is 0 Å². The summed E-state index contributed by atoms with van der Waals surface area (Å²) in [6.45, 7) is -0.00301. The van der Waals surface area contributed by atoms with Gasteiger partial charge in [0.1, 0.15) is 0 Å². The second kappa shape index (κ2) is 3.66. The van der Waals surface area contributed by atoms with Crippen LogP contribution in [0.1, 0.15) is 0 Å². The van der Waals surface area contributed by atoms with Crippen LogP contribution in [0.4, 0.5) is 0 Å². The zero-order chi connectivity index (χ0) is 9.84. The molecule has 0 fully saturated rings. The number of carboxylic acid groups (broad SMARTS) is 1. The summed E-state index contributed by atoms with van der Waals surface area (Å²) in [7, 11) is 0. The first kappa shape index (κ1) is 9.18. The highest BCUT2D eigenvalue weighted by atomic mass is 16.4. The first-order valence-electron chi connectivity index (χ1n) is 3.54. The summed E-state index contributed by atoms with van der Waals surface area (Å²) in [6, 6.07) is 0. The van der Waals surface area contributed by atoms with E-state index >= 15 is 0 Å². The lowest BCUT2D eigenvalue weighted by molar-refractivity contribution is -0.136. The number of nitrogens with zero attached hydrogens (tertiary/aromatic N) is 1. The van der Waals surface area contributed by atoms with Crippen LogP contribution in [0.25, 0.3) is 0 Å². The highest BCUT2D eigenvalue weighted by Gasteiger charge is 2.21. The first-order chi connectivity index (χ1) is 6.11. The first-order valence-corrected chi connectivity index (χ1v) is 3.54. The van der Waals surface area contributed by atoms with Crippen molar-refractivity contribution in [1.29, 1.82) is 0 Å². The average molecular weight is 181 g/mol. The molecule has 13 heavy (non-hydrogen) atoms. The Morgan fingerprint density at radius 3 is 2.38 bits per heavy atom. The monoisotopic (exact) mass is 181 g/mol. The Kier molecular flexibility index (Phi) is 2.59. The highest BCUT2D eigenvalue weighted by molar-refractivity contribution is 6.13. The molecule has 0 unspecified atom stereocenters. The van der Waals surface area contributed by atoms with E-state index in [2.05, 4.69) is 0 Å². The van der Waals surface area contributed by atoms with Crippen molar-refractivity contribution < 1.29 is 19.5 Å². The second-order valence-electron chi connectivity index (χ2n) is 2.36. The number of carbonyl (C=O) groups excluding carboxylic acids is 2. The summed E-state index contributed by atoms with van der Waals surface area (Å²) in [5.41, 5.74) is 0. The minimum Gasteiger partial charge on any atom is -0.478 e. The number of aliphatic carboxylic acids is 1. The van der Waals surface area contributed by atoms with Gasteiger partial charge in [-0.3, -0.25) is 14.5 Å². The van der Waals surface area contributed by atoms with E-state index in [0.717, 1.165) is 23.1 Å².